The van der Waals surface area contributed by atoms with Crippen molar-refractivity contribution in [3.05, 3.63) is 52.5 Å². The van der Waals surface area contributed by atoms with Gasteiger partial charge >= 0.3 is 0 Å². The number of aliphatic hydroxyl groups is 1. The highest BCUT2D eigenvalue weighted by atomic mass is 32.1. The van der Waals surface area contributed by atoms with E-state index in [2.05, 4.69) is 39.5 Å². The number of aromatic nitrogens is 1. The lowest BCUT2D eigenvalue weighted by atomic mass is 10.1. The van der Waals surface area contributed by atoms with Crippen molar-refractivity contribution in [2.24, 2.45) is 0 Å². The molecule has 158 valence electrons. The molecule has 0 bridgehead atoms. The minimum atomic E-state index is -0.656. The van der Waals surface area contributed by atoms with Crippen LogP contribution >= 0.6 is 11.3 Å². The van der Waals surface area contributed by atoms with Gasteiger partial charge in [-0.15, -0.1) is 11.3 Å². The van der Waals surface area contributed by atoms with Gasteiger partial charge in [0.25, 0.3) is 5.91 Å². The average Bonchev–Trinajstić information content (AvgIpc) is 3.11. The van der Waals surface area contributed by atoms with Gasteiger partial charge in [0.2, 0.25) is 0 Å². The van der Waals surface area contributed by atoms with Crippen LogP contribution in [-0.2, 0) is 6.42 Å². The minimum absolute atomic E-state index is 0.181. The van der Waals surface area contributed by atoms with Gasteiger partial charge in [-0.1, -0.05) is 12.1 Å². The Bertz CT molecular complexity index is 1020. The number of nitrogens with two attached hydrogens (primary N) is 1. The van der Waals surface area contributed by atoms with Gasteiger partial charge in [-0.2, -0.15) is 0 Å². The van der Waals surface area contributed by atoms with Crippen LogP contribution in [0, 0.1) is 0 Å². The quantitative estimate of drug-likeness (QED) is 0.558. The minimum Gasteiger partial charge on any atom is -0.397 e. The molecule has 1 fully saturated rings. The van der Waals surface area contributed by atoms with E-state index in [1.165, 1.54) is 41.9 Å². The highest BCUT2D eigenvalue weighted by molar-refractivity contribution is 7.21. The van der Waals surface area contributed by atoms with Gasteiger partial charge in [-0.25, -0.2) is 4.98 Å². The molecular weight excluding hydrogens is 396 g/mol. The molecule has 1 amide bonds. The summed E-state index contributed by atoms with van der Waals surface area (Å²) in [6.45, 7) is 4.48. The number of thiophene rings is 1. The molecule has 3 heterocycles. The van der Waals surface area contributed by atoms with E-state index in [-0.39, 0.29) is 5.91 Å². The number of nitrogens with zero attached hydrogens (tertiary/aromatic N) is 2. The largest absolute Gasteiger partial charge is 0.397 e. The number of carbonyl (C=O) groups is 1. The Kier molecular flexibility index (Phi) is 6.20. The Labute approximate surface area is 180 Å². The molecule has 0 saturated carbocycles. The Morgan fingerprint density at radius 3 is 2.63 bits per heavy atom. The van der Waals surface area contributed by atoms with Gasteiger partial charge in [-0.05, 0) is 62.4 Å². The van der Waals surface area contributed by atoms with Gasteiger partial charge < -0.3 is 21.1 Å². The first-order chi connectivity index (χ1) is 14.5. The zero-order valence-electron chi connectivity index (χ0n) is 17.2. The number of amides is 1. The highest BCUT2D eigenvalue weighted by Crippen LogP contribution is 2.33. The number of aliphatic hydroxyl groups excluding tert-OH is 1. The van der Waals surface area contributed by atoms with E-state index >= 15 is 0 Å². The van der Waals surface area contributed by atoms with Crippen molar-refractivity contribution in [1.82, 2.24) is 10.3 Å². The molecule has 1 saturated heterocycles. The van der Waals surface area contributed by atoms with Crippen LogP contribution in [0.2, 0.25) is 0 Å². The van der Waals surface area contributed by atoms with Crippen molar-refractivity contribution >= 4 is 38.8 Å². The van der Waals surface area contributed by atoms with Gasteiger partial charge in [0.05, 0.1) is 17.5 Å². The van der Waals surface area contributed by atoms with Crippen LogP contribution in [0.15, 0.2) is 36.4 Å². The number of nitrogens with one attached hydrogen (secondary N) is 1. The molecule has 1 aliphatic rings. The van der Waals surface area contributed by atoms with Gasteiger partial charge in [0.15, 0.2) is 0 Å². The van der Waals surface area contributed by atoms with Gasteiger partial charge in [0.1, 0.15) is 9.71 Å². The number of hydrogen-bond acceptors (Lipinski definition) is 6. The third-order valence-electron chi connectivity index (χ3n) is 5.61. The summed E-state index contributed by atoms with van der Waals surface area (Å²) in [4.78, 5) is 20.6. The molecule has 0 radical (unpaired) electrons. The van der Waals surface area contributed by atoms with Crippen LogP contribution in [0.4, 0.5) is 11.4 Å². The van der Waals surface area contributed by atoms with E-state index in [9.17, 15) is 9.90 Å². The molecule has 6 nitrogen and oxygen atoms in total. The van der Waals surface area contributed by atoms with Gasteiger partial charge in [-0.3, -0.25) is 4.79 Å². The number of hydrogen-bond donors (Lipinski definition) is 3. The summed E-state index contributed by atoms with van der Waals surface area (Å²) in [7, 11) is 0. The Hall–Kier alpha value is -2.64. The van der Waals surface area contributed by atoms with E-state index in [4.69, 9.17) is 5.73 Å². The maximum absolute atomic E-state index is 12.6. The molecule has 1 atom stereocenters. The number of pyridine rings is 1. The summed E-state index contributed by atoms with van der Waals surface area (Å²) in [5.41, 5.74) is 9.68. The van der Waals surface area contributed by atoms with Crippen LogP contribution in [0.25, 0.3) is 10.2 Å². The highest BCUT2D eigenvalue weighted by Gasteiger charge is 2.18. The maximum Gasteiger partial charge on any atom is 0.263 e. The zero-order valence-corrected chi connectivity index (χ0v) is 18.0. The number of carbonyl (C=O) groups excluding carboxylic acids is 1. The molecule has 0 spiro atoms. The Morgan fingerprint density at radius 1 is 1.20 bits per heavy atom. The summed E-state index contributed by atoms with van der Waals surface area (Å²) in [6, 6.07) is 12.2. The first-order valence-electron chi connectivity index (χ1n) is 10.5. The number of fused-ring (bicyclic) bond motifs is 1. The molecule has 4 N–H and O–H groups in total. The topological polar surface area (TPSA) is 91.5 Å². The first kappa shape index (κ1) is 20.6. The Morgan fingerprint density at radius 2 is 1.93 bits per heavy atom. The zero-order chi connectivity index (χ0) is 21.1. The van der Waals surface area contributed by atoms with Crippen LogP contribution in [0.3, 0.4) is 0 Å². The predicted octanol–water partition coefficient (Wildman–Crippen LogP) is 3.89. The molecule has 1 aromatic carbocycles. The molecule has 1 aliphatic heterocycles. The smallest absolute Gasteiger partial charge is 0.263 e. The predicted molar refractivity (Wildman–Crippen MR) is 123 cm³/mol. The van der Waals surface area contributed by atoms with Crippen molar-refractivity contribution < 1.29 is 9.90 Å². The first-order valence-corrected chi connectivity index (χ1v) is 11.3. The van der Waals surface area contributed by atoms with E-state index < -0.39 is 6.10 Å². The summed E-state index contributed by atoms with van der Waals surface area (Å²) in [5, 5.41) is 13.4. The lowest BCUT2D eigenvalue weighted by Gasteiger charge is -2.28. The second-order valence-corrected chi connectivity index (χ2v) is 8.83. The second-order valence-electron chi connectivity index (χ2n) is 7.83. The molecule has 0 unspecified atom stereocenters. The number of benzene rings is 1. The van der Waals surface area contributed by atoms with Crippen molar-refractivity contribution in [2.75, 3.05) is 30.3 Å². The molecule has 3 aromatic rings. The third-order valence-corrected chi connectivity index (χ3v) is 6.72. The summed E-state index contributed by atoms with van der Waals surface area (Å²) in [5.74, 6) is -0.181. The van der Waals surface area contributed by atoms with Crippen molar-refractivity contribution in [1.29, 1.82) is 0 Å². The standard InChI is InChI=1S/C23H28N4O2S/c1-15(28)19-10-9-18-20(24)21(30-23(18)26-19)22(29)25-12-11-16-5-7-17(8-6-16)27-13-3-2-4-14-27/h5-10,15,28H,2-4,11-14,24H2,1H3,(H,25,29)/t15-/m1/s1. The second kappa shape index (κ2) is 9.02. The molecule has 7 heteroatoms. The average molecular weight is 425 g/mol. The fourth-order valence-electron chi connectivity index (χ4n) is 3.84. The summed E-state index contributed by atoms with van der Waals surface area (Å²) >= 11 is 1.26. The number of nitrogen functional groups attached to an aromatic ring is 1. The monoisotopic (exact) mass is 424 g/mol. The van der Waals surface area contributed by atoms with Crippen LogP contribution in [0.5, 0.6) is 0 Å². The fraction of sp³-hybridized carbons (Fsp3) is 0.391. The molecule has 2 aromatic heterocycles. The molecule has 4 rings (SSSR count). The number of piperidine rings is 1. The molecular formula is C23H28N4O2S. The SMILES string of the molecule is C[C@@H](O)c1ccc2c(N)c(C(=O)NCCc3ccc(N4CCCCC4)cc3)sc2n1. The number of rotatable bonds is 6. The molecule has 30 heavy (non-hydrogen) atoms. The van der Waals surface area contributed by atoms with E-state index in [0.29, 0.717) is 27.6 Å². The van der Waals surface area contributed by atoms with Crippen LogP contribution in [0.1, 0.15) is 53.2 Å². The van der Waals surface area contributed by atoms with E-state index in [1.807, 2.05) is 6.07 Å². The van der Waals surface area contributed by atoms with Crippen molar-refractivity contribution in [3.63, 3.8) is 0 Å². The summed E-state index contributed by atoms with van der Waals surface area (Å²) in [6.07, 6.45) is 3.98. The normalized spacial score (nSPS) is 15.3. The number of anilines is 2. The van der Waals surface area contributed by atoms with Crippen LogP contribution in [-0.4, -0.2) is 35.6 Å². The van der Waals surface area contributed by atoms with Crippen molar-refractivity contribution in [3.8, 4) is 0 Å². The Balaban J connectivity index is 1.36. The van der Waals surface area contributed by atoms with E-state index in [0.717, 1.165) is 24.9 Å². The fourth-order valence-corrected chi connectivity index (χ4v) is 4.86. The van der Waals surface area contributed by atoms with Crippen molar-refractivity contribution in [2.45, 2.75) is 38.7 Å². The van der Waals surface area contributed by atoms with E-state index in [1.54, 1.807) is 13.0 Å². The summed E-state index contributed by atoms with van der Waals surface area (Å²) < 4.78 is 0. The lowest BCUT2D eigenvalue weighted by Crippen LogP contribution is -2.29. The van der Waals surface area contributed by atoms with Gasteiger partial charge in [0, 0.05) is 30.7 Å². The lowest BCUT2D eigenvalue weighted by molar-refractivity contribution is 0.0959. The third kappa shape index (κ3) is 4.42. The molecule has 0 aliphatic carbocycles. The maximum atomic E-state index is 12.6. The van der Waals surface area contributed by atoms with Crippen LogP contribution < -0.4 is 16.0 Å².